The molecule has 0 aliphatic carbocycles. The van der Waals surface area contributed by atoms with E-state index in [9.17, 15) is 9.90 Å². The highest BCUT2D eigenvalue weighted by Gasteiger charge is 2.62. The molecule has 0 radical (unpaired) electrons. The number of amides is 1. The zero-order chi connectivity index (χ0) is 15.4. The summed E-state index contributed by atoms with van der Waals surface area (Å²) in [6.45, 7) is 8.68. The maximum absolute atomic E-state index is 12.2. The molecule has 0 aromatic rings. The van der Waals surface area contributed by atoms with Gasteiger partial charge < -0.3 is 29.0 Å². The number of fused-ring (bicyclic) bond motifs is 1. The lowest BCUT2D eigenvalue weighted by molar-refractivity contribution is -0.216. The summed E-state index contributed by atoms with van der Waals surface area (Å²) in [7, 11) is 0. The van der Waals surface area contributed by atoms with E-state index in [2.05, 4.69) is 0 Å². The minimum absolute atomic E-state index is 0.0555. The minimum Gasteiger partial charge on any atom is -0.387 e. The Morgan fingerprint density at radius 1 is 1.10 bits per heavy atom. The normalized spacial score (nSPS) is 43.7. The third kappa shape index (κ3) is 2.57. The summed E-state index contributed by atoms with van der Waals surface area (Å²) in [5, 5.41) is 10.3. The summed E-state index contributed by atoms with van der Waals surface area (Å²) in [5.74, 6) is -0.817. The number of nitrogens with zero attached hydrogens (tertiary/aromatic N) is 1. The van der Waals surface area contributed by atoms with E-state index in [0.29, 0.717) is 13.1 Å². The molecule has 0 bridgehead atoms. The Bertz CT molecular complexity index is 424. The molecule has 7 nitrogen and oxygen atoms in total. The van der Waals surface area contributed by atoms with E-state index in [1.165, 1.54) is 0 Å². The Morgan fingerprint density at radius 2 is 1.76 bits per heavy atom. The van der Waals surface area contributed by atoms with Gasteiger partial charge in [-0.15, -0.1) is 0 Å². The van der Waals surface area contributed by atoms with E-state index >= 15 is 0 Å². The first-order valence-electron chi connectivity index (χ1n) is 7.51. The molecule has 3 fully saturated rings. The fraction of sp³-hybridized carbons (Fsp3) is 0.929. The van der Waals surface area contributed by atoms with E-state index < -0.39 is 42.6 Å². The highest BCUT2D eigenvalue weighted by molar-refractivity contribution is 5.84. The number of likely N-dealkylation sites (N-methyl/N-ethyl adjacent to an activating group) is 1. The van der Waals surface area contributed by atoms with Crippen LogP contribution >= 0.6 is 0 Å². The lowest BCUT2D eigenvalue weighted by Crippen LogP contribution is -2.40. The molecular formula is C14H23NO6. The second kappa shape index (κ2) is 5.17. The number of epoxide rings is 1. The molecule has 3 aliphatic rings. The van der Waals surface area contributed by atoms with Gasteiger partial charge in [0, 0.05) is 13.1 Å². The predicted octanol–water partition coefficient (Wildman–Crippen LogP) is -0.140. The number of hydrogen-bond acceptors (Lipinski definition) is 6. The van der Waals surface area contributed by atoms with Gasteiger partial charge in [0.1, 0.15) is 24.4 Å². The topological polar surface area (TPSA) is 80.8 Å². The van der Waals surface area contributed by atoms with Crippen molar-refractivity contribution in [3.05, 3.63) is 0 Å². The highest BCUT2D eigenvalue weighted by Crippen LogP contribution is 2.42. The summed E-state index contributed by atoms with van der Waals surface area (Å²) in [6, 6.07) is 0. The summed E-state index contributed by atoms with van der Waals surface area (Å²) >= 11 is 0. The fourth-order valence-corrected chi connectivity index (χ4v) is 3.08. The smallest absolute Gasteiger partial charge is 0.254 e. The molecule has 0 saturated carbocycles. The molecule has 0 spiro atoms. The highest BCUT2D eigenvalue weighted by atomic mass is 16.8. The van der Waals surface area contributed by atoms with Crippen LogP contribution in [0.3, 0.4) is 0 Å². The summed E-state index contributed by atoms with van der Waals surface area (Å²) in [6.07, 6.45) is -3.52. The zero-order valence-corrected chi connectivity index (χ0v) is 12.8. The molecule has 0 aromatic heterocycles. The van der Waals surface area contributed by atoms with Crippen molar-refractivity contribution in [1.82, 2.24) is 4.90 Å². The number of hydrogen-bond donors (Lipinski definition) is 1. The standard InChI is InChI=1S/C14H23NO6/c1-5-15(6-2)12(17)11-10(18-11)8-7(16)9-13(19-8)21-14(3,4)20-9/h7-11,13,16H,5-6H2,1-4H3/t7-,8-,9+,10+,11-,13+/m0/s1. The molecule has 3 aliphatic heterocycles. The Morgan fingerprint density at radius 3 is 2.33 bits per heavy atom. The third-order valence-electron chi connectivity index (χ3n) is 4.22. The summed E-state index contributed by atoms with van der Waals surface area (Å²) < 4.78 is 22.4. The predicted molar refractivity (Wildman–Crippen MR) is 71.3 cm³/mol. The van der Waals surface area contributed by atoms with Gasteiger partial charge >= 0.3 is 0 Å². The van der Waals surface area contributed by atoms with Crippen molar-refractivity contribution < 1.29 is 28.8 Å². The number of carbonyl (C=O) groups is 1. The molecule has 120 valence electrons. The Labute approximate surface area is 124 Å². The number of aliphatic hydroxyl groups excluding tert-OH is 1. The van der Waals surface area contributed by atoms with Crippen LogP contribution in [0.5, 0.6) is 0 Å². The van der Waals surface area contributed by atoms with Crippen LogP contribution in [0.2, 0.25) is 0 Å². The zero-order valence-electron chi connectivity index (χ0n) is 12.8. The van der Waals surface area contributed by atoms with Crippen LogP contribution in [0.25, 0.3) is 0 Å². The van der Waals surface area contributed by atoms with Crippen LogP contribution in [0.1, 0.15) is 27.7 Å². The van der Waals surface area contributed by atoms with E-state index in [0.717, 1.165) is 0 Å². The second-order valence-electron chi connectivity index (χ2n) is 6.09. The van der Waals surface area contributed by atoms with Crippen molar-refractivity contribution >= 4 is 5.91 Å². The number of ether oxygens (including phenoxy) is 4. The van der Waals surface area contributed by atoms with Crippen LogP contribution in [-0.4, -0.2) is 71.6 Å². The fourth-order valence-electron chi connectivity index (χ4n) is 3.08. The van der Waals surface area contributed by atoms with E-state index in [1.54, 1.807) is 18.7 Å². The van der Waals surface area contributed by atoms with Crippen molar-refractivity contribution in [2.75, 3.05) is 13.1 Å². The average molecular weight is 301 g/mol. The van der Waals surface area contributed by atoms with Gasteiger partial charge in [0.2, 0.25) is 0 Å². The number of carbonyl (C=O) groups excluding carboxylic acids is 1. The molecule has 6 atom stereocenters. The lowest BCUT2D eigenvalue weighted by Gasteiger charge is -2.22. The molecule has 7 heteroatoms. The van der Waals surface area contributed by atoms with Crippen LogP contribution < -0.4 is 0 Å². The van der Waals surface area contributed by atoms with Gasteiger partial charge in [0.05, 0.1) is 0 Å². The number of aliphatic hydroxyl groups is 1. The first-order chi connectivity index (χ1) is 9.88. The van der Waals surface area contributed by atoms with Gasteiger partial charge in [-0.2, -0.15) is 0 Å². The monoisotopic (exact) mass is 301 g/mol. The summed E-state index contributed by atoms with van der Waals surface area (Å²) in [4.78, 5) is 13.9. The van der Waals surface area contributed by atoms with Crippen LogP contribution in [-0.2, 0) is 23.7 Å². The largest absolute Gasteiger partial charge is 0.387 e. The minimum atomic E-state index is -0.851. The van der Waals surface area contributed by atoms with Crippen molar-refractivity contribution in [3.8, 4) is 0 Å². The van der Waals surface area contributed by atoms with Gasteiger partial charge in [-0.1, -0.05) is 0 Å². The molecule has 0 unspecified atom stereocenters. The Kier molecular flexibility index (Phi) is 3.74. The molecule has 21 heavy (non-hydrogen) atoms. The first kappa shape index (κ1) is 15.2. The van der Waals surface area contributed by atoms with Crippen molar-refractivity contribution in [3.63, 3.8) is 0 Å². The quantitative estimate of drug-likeness (QED) is 0.728. The van der Waals surface area contributed by atoms with Crippen molar-refractivity contribution in [2.45, 2.75) is 70.3 Å². The molecule has 3 saturated heterocycles. The van der Waals surface area contributed by atoms with Crippen LogP contribution in [0, 0.1) is 0 Å². The van der Waals surface area contributed by atoms with Crippen LogP contribution in [0.15, 0.2) is 0 Å². The second-order valence-corrected chi connectivity index (χ2v) is 6.09. The summed E-state index contributed by atoms with van der Waals surface area (Å²) in [5.41, 5.74) is 0. The van der Waals surface area contributed by atoms with Gasteiger partial charge in [-0.25, -0.2) is 0 Å². The van der Waals surface area contributed by atoms with Crippen molar-refractivity contribution in [2.24, 2.45) is 0 Å². The molecule has 3 heterocycles. The van der Waals surface area contributed by atoms with E-state index in [4.69, 9.17) is 18.9 Å². The van der Waals surface area contributed by atoms with E-state index in [1.807, 2.05) is 13.8 Å². The lowest BCUT2D eigenvalue weighted by atomic mass is 10.1. The Hall–Kier alpha value is -0.730. The maximum Gasteiger partial charge on any atom is 0.254 e. The SMILES string of the molecule is CCN(CC)C(=O)[C@H]1O[C@@H]1[C@H]1O[C@@H]2OC(C)(C)O[C@@H]2[C@H]1O. The van der Waals surface area contributed by atoms with Gasteiger partial charge in [0.15, 0.2) is 18.2 Å². The molecule has 1 N–H and O–H groups in total. The number of rotatable bonds is 4. The van der Waals surface area contributed by atoms with Gasteiger partial charge in [-0.05, 0) is 27.7 Å². The van der Waals surface area contributed by atoms with Crippen LogP contribution in [0.4, 0.5) is 0 Å². The molecule has 0 aromatic carbocycles. The first-order valence-corrected chi connectivity index (χ1v) is 7.51. The molecule has 1 amide bonds. The Balaban J connectivity index is 1.60. The third-order valence-corrected chi connectivity index (χ3v) is 4.22. The molecule has 3 rings (SSSR count). The molecular weight excluding hydrogens is 278 g/mol. The van der Waals surface area contributed by atoms with Gasteiger partial charge in [0.25, 0.3) is 5.91 Å². The van der Waals surface area contributed by atoms with Gasteiger partial charge in [-0.3, -0.25) is 4.79 Å². The maximum atomic E-state index is 12.2. The van der Waals surface area contributed by atoms with Crippen molar-refractivity contribution in [1.29, 1.82) is 0 Å². The average Bonchev–Trinajstić information content (AvgIpc) is 3.08. The van der Waals surface area contributed by atoms with E-state index in [-0.39, 0.29) is 5.91 Å².